The maximum absolute atomic E-state index is 14.9. The van der Waals surface area contributed by atoms with Crippen LogP contribution in [-0.2, 0) is 14.9 Å². The van der Waals surface area contributed by atoms with Gasteiger partial charge in [-0.2, -0.15) is 13.2 Å². The Kier molecular flexibility index (Phi) is 5.15. The number of aliphatic imine (C=N–C) groups is 1. The van der Waals surface area contributed by atoms with Crippen LogP contribution in [0.3, 0.4) is 0 Å². The highest BCUT2D eigenvalue weighted by molar-refractivity contribution is 5.90. The van der Waals surface area contributed by atoms with Crippen molar-refractivity contribution < 1.29 is 36.2 Å². The van der Waals surface area contributed by atoms with E-state index in [1.807, 2.05) is 0 Å². The molecule has 1 saturated carbocycles. The smallest absolute Gasteiger partial charge is 0.398 e. The Morgan fingerprint density at radius 1 is 1.08 bits per heavy atom. The van der Waals surface area contributed by atoms with Crippen molar-refractivity contribution in [1.29, 1.82) is 0 Å². The van der Waals surface area contributed by atoms with E-state index in [0.29, 0.717) is 26.4 Å². The molecule has 6 rings (SSSR count). The van der Waals surface area contributed by atoms with E-state index >= 15 is 0 Å². The van der Waals surface area contributed by atoms with Gasteiger partial charge in [0.1, 0.15) is 18.0 Å². The number of hydrogen-bond acceptors (Lipinski definition) is 6. The van der Waals surface area contributed by atoms with E-state index in [1.54, 1.807) is 0 Å². The molecule has 2 aliphatic heterocycles. The molecule has 0 unspecified atom stereocenters. The predicted octanol–water partition coefficient (Wildman–Crippen LogP) is 5.43. The van der Waals surface area contributed by atoms with Gasteiger partial charge in [-0.25, -0.2) is 18.8 Å². The fourth-order valence-corrected chi connectivity index (χ4v) is 4.80. The molecule has 3 aromatic rings. The van der Waals surface area contributed by atoms with Crippen molar-refractivity contribution in [3.63, 3.8) is 0 Å². The van der Waals surface area contributed by atoms with Gasteiger partial charge in [0.15, 0.2) is 17.4 Å². The highest BCUT2D eigenvalue weighted by atomic mass is 19.4. The molecule has 12 heteroatoms. The Hall–Kier alpha value is -3.41. The number of fused-ring (bicyclic) bond motifs is 1. The summed E-state index contributed by atoms with van der Waals surface area (Å²) in [4.78, 5) is 11.1. The second-order valence-electron chi connectivity index (χ2n) is 9.52. The molecule has 1 aliphatic carbocycles. The molecule has 1 spiro atoms. The largest absolute Gasteiger partial charge is 0.464 e. The number of benzene rings is 1. The first-order chi connectivity index (χ1) is 17.2. The number of halogens is 5. The van der Waals surface area contributed by atoms with Gasteiger partial charge in [0.2, 0.25) is 0 Å². The molecule has 2 fully saturated rings. The number of ether oxygens (including phenoxy) is 3. The van der Waals surface area contributed by atoms with Crippen LogP contribution < -0.4 is 10.1 Å². The molecule has 7 nitrogen and oxygen atoms in total. The normalized spacial score (nSPS) is 23.0. The van der Waals surface area contributed by atoms with Gasteiger partial charge in [-0.3, -0.25) is 0 Å². The van der Waals surface area contributed by atoms with E-state index in [0.717, 1.165) is 18.6 Å². The molecule has 1 aromatic carbocycles. The number of aromatic nitrogens is 2. The number of pyridine rings is 1. The molecule has 0 amide bonds. The van der Waals surface area contributed by atoms with Gasteiger partial charge in [-0.15, -0.1) is 0 Å². The fraction of sp³-hybridized carbons (Fsp3) is 0.417. The van der Waals surface area contributed by atoms with Crippen LogP contribution in [0.4, 0.5) is 27.6 Å². The summed E-state index contributed by atoms with van der Waals surface area (Å²) in [5.41, 5.74) is -2.07. The van der Waals surface area contributed by atoms with Crippen LogP contribution in [0.15, 0.2) is 35.6 Å². The molecule has 1 atom stereocenters. The number of alkyl halides is 3. The number of H-pyrrole nitrogens is 1. The van der Waals surface area contributed by atoms with Crippen molar-refractivity contribution in [2.75, 3.05) is 31.7 Å². The summed E-state index contributed by atoms with van der Waals surface area (Å²) in [5, 5.41) is 2.80. The average Bonchev–Trinajstić information content (AvgIpc) is 3.34. The molecular weight excluding hydrogens is 487 g/mol. The van der Waals surface area contributed by atoms with Crippen molar-refractivity contribution >= 4 is 22.7 Å². The quantitative estimate of drug-likeness (QED) is 0.460. The lowest BCUT2D eigenvalue weighted by atomic mass is 9.88. The Labute approximate surface area is 201 Å². The Morgan fingerprint density at radius 2 is 1.86 bits per heavy atom. The van der Waals surface area contributed by atoms with Gasteiger partial charge < -0.3 is 24.5 Å². The van der Waals surface area contributed by atoms with Gasteiger partial charge in [0, 0.05) is 42.2 Å². The number of aromatic amines is 1. The summed E-state index contributed by atoms with van der Waals surface area (Å²) in [6.45, 7) is 2.04. The molecule has 190 valence electrons. The van der Waals surface area contributed by atoms with Crippen LogP contribution in [0.2, 0.25) is 0 Å². The molecule has 36 heavy (non-hydrogen) atoms. The van der Waals surface area contributed by atoms with Crippen LogP contribution in [0.5, 0.6) is 11.5 Å². The van der Waals surface area contributed by atoms with Crippen molar-refractivity contribution in [3.8, 4) is 11.5 Å². The molecule has 3 aliphatic rings. The SMILES string of the molecule is Fc1cc(NC2=NC[C@]3(CCOC3)CO2)cc(F)c1Oc1ccnc2[nH]cc(C3(C(F)(F)F)CC3)c12. The summed E-state index contributed by atoms with van der Waals surface area (Å²) in [6, 6.07) is 3.42. The van der Waals surface area contributed by atoms with E-state index in [2.05, 4.69) is 20.3 Å². The number of anilines is 1. The maximum Gasteiger partial charge on any atom is 0.398 e. The molecular formula is C24H21F5N4O3. The summed E-state index contributed by atoms with van der Waals surface area (Å²) < 4.78 is 87.7. The summed E-state index contributed by atoms with van der Waals surface area (Å²) in [7, 11) is 0. The fourth-order valence-electron chi connectivity index (χ4n) is 4.80. The Balaban J connectivity index is 1.27. The van der Waals surface area contributed by atoms with E-state index in [9.17, 15) is 22.0 Å². The van der Waals surface area contributed by atoms with E-state index < -0.39 is 29.0 Å². The number of hydrogen-bond donors (Lipinski definition) is 2. The molecule has 0 bridgehead atoms. The van der Waals surface area contributed by atoms with E-state index in [4.69, 9.17) is 14.2 Å². The van der Waals surface area contributed by atoms with Crippen LogP contribution in [0.1, 0.15) is 24.8 Å². The predicted molar refractivity (Wildman–Crippen MR) is 119 cm³/mol. The summed E-state index contributed by atoms with van der Waals surface area (Å²) in [6.07, 6.45) is -1.29. The number of amidine groups is 1. The monoisotopic (exact) mass is 508 g/mol. The minimum Gasteiger partial charge on any atom is -0.464 e. The minimum atomic E-state index is -4.48. The standard InChI is InChI=1S/C24H21F5N4O3/c25-15-7-13(33-21-32-10-22(12-35-21)4-6-34-11-22)8-16(26)19(15)36-17-1-5-30-20-18(17)14(9-31-20)23(2-3-23)24(27,28)29/h1,5,7-9H,2-4,6,10-12H2,(H,30,31)(H,32,33)/t22-/m0/s1. The zero-order chi connectivity index (χ0) is 25.1. The molecule has 4 heterocycles. The third-order valence-corrected chi connectivity index (χ3v) is 7.06. The van der Waals surface area contributed by atoms with Crippen molar-refractivity contribution in [1.82, 2.24) is 9.97 Å². The number of rotatable bonds is 4. The van der Waals surface area contributed by atoms with E-state index in [1.165, 1.54) is 18.5 Å². The molecule has 2 N–H and O–H groups in total. The lowest BCUT2D eigenvalue weighted by Gasteiger charge is -2.30. The first-order valence-corrected chi connectivity index (χ1v) is 11.4. The first-order valence-electron chi connectivity index (χ1n) is 11.4. The second kappa shape index (κ2) is 8.05. The lowest BCUT2D eigenvalue weighted by Crippen LogP contribution is -2.38. The van der Waals surface area contributed by atoms with Crippen LogP contribution >= 0.6 is 0 Å². The van der Waals surface area contributed by atoms with Crippen molar-refractivity contribution in [2.45, 2.75) is 30.9 Å². The molecule has 2 aromatic heterocycles. The molecule has 0 radical (unpaired) electrons. The van der Waals surface area contributed by atoms with Gasteiger partial charge >= 0.3 is 6.18 Å². The summed E-state index contributed by atoms with van der Waals surface area (Å²) in [5.74, 6) is -2.97. The van der Waals surface area contributed by atoms with Crippen molar-refractivity contribution in [3.05, 3.63) is 47.8 Å². The minimum absolute atomic E-state index is 0.0445. The lowest BCUT2D eigenvalue weighted by molar-refractivity contribution is -0.160. The third kappa shape index (κ3) is 3.74. The van der Waals surface area contributed by atoms with Gasteiger partial charge in [-0.05, 0) is 30.9 Å². The van der Waals surface area contributed by atoms with E-state index in [-0.39, 0.29) is 52.3 Å². The number of nitrogens with one attached hydrogen (secondary N) is 2. The molecule has 1 saturated heterocycles. The zero-order valence-electron chi connectivity index (χ0n) is 18.8. The van der Waals surface area contributed by atoms with Gasteiger partial charge in [-0.1, -0.05) is 0 Å². The topological polar surface area (TPSA) is 80.8 Å². The average molecular weight is 508 g/mol. The van der Waals surface area contributed by atoms with Gasteiger partial charge in [0.25, 0.3) is 6.02 Å². The van der Waals surface area contributed by atoms with Crippen molar-refractivity contribution in [2.24, 2.45) is 10.4 Å². The van der Waals surface area contributed by atoms with Gasteiger partial charge in [0.05, 0.1) is 24.0 Å². The van der Waals surface area contributed by atoms with Crippen LogP contribution in [-0.4, -0.2) is 48.5 Å². The third-order valence-electron chi connectivity index (χ3n) is 7.06. The second-order valence-corrected chi connectivity index (χ2v) is 9.52. The summed E-state index contributed by atoms with van der Waals surface area (Å²) >= 11 is 0. The highest BCUT2D eigenvalue weighted by Gasteiger charge is 2.65. The Morgan fingerprint density at radius 3 is 2.47 bits per heavy atom. The Bertz CT molecular complexity index is 1340. The first kappa shape index (κ1) is 23.0. The van der Waals surface area contributed by atoms with Crippen LogP contribution in [0, 0.1) is 17.0 Å². The zero-order valence-corrected chi connectivity index (χ0v) is 18.8. The highest BCUT2D eigenvalue weighted by Crippen LogP contribution is 2.61. The van der Waals surface area contributed by atoms with Crippen LogP contribution in [0.25, 0.3) is 11.0 Å². The maximum atomic E-state index is 14.9. The number of nitrogens with zero attached hydrogens (tertiary/aromatic N) is 2.